The third-order valence-electron chi connectivity index (χ3n) is 3.23. The lowest BCUT2D eigenvalue weighted by Crippen LogP contribution is -2.55. The third-order valence-corrected chi connectivity index (χ3v) is 3.23. The van der Waals surface area contributed by atoms with Crippen LogP contribution >= 0.6 is 0 Å². The van der Waals surface area contributed by atoms with Gasteiger partial charge in [-0.2, -0.15) is 4.98 Å². The zero-order chi connectivity index (χ0) is 11.4. The van der Waals surface area contributed by atoms with Gasteiger partial charge in [0.2, 0.25) is 6.39 Å². The van der Waals surface area contributed by atoms with Gasteiger partial charge in [0.15, 0.2) is 5.82 Å². The van der Waals surface area contributed by atoms with Crippen molar-refractivity contribution >= 4 is 0 Å². The molecule has 0 saturated carbocycles. The van der Waals surface area contributed by atoms with Crippen LogP contribution in [0.3, 0.4) is 0 Å². The number of rotatable bonds is 4. The number of hydrogen-bond donors (Lipinski definition) is 1. The minimum Gasteiger partial charge on any atom is -0.343 e. The van der Waals surface area contributed by atoms with Crippen LogP contribution in [0.1, 0.15) is 26.1 Å². The molecule has 16 heavy (non-hydrogen) atoms. The normalized spacial score (nSPS) is 27.1. The van der Waals surface area contributed by atoms with E-state index in [1.165, 1.54) is 12.8 Å². The molecule has 1 aliphatic heterocycles. The number of nitrogens with one attached hydrogen (secondary N) is 1. The number of nitrogens with zero attached hydrogens (tertiary/aromatic N) is 3. The summed E-state index contributed by atoms with van der Waals surface area (Å²) in [5.74, 6) is 0.807. The largest absolute Gasteiger partial charge is 0.343 e. The summed E-state index contributed by atoms with van der Waals surface area (Å²) in [5.41, 5.74) is 0. The van der Waals surface area contributed by atoms with Crippen LogP contribution < -0.4 is 5.32 Å². The van der Waals surface area contributed by atoms with E-state index in [-0.39, 0.29) is 0 Å². The van der Waals surface area contributed by atoms with Gasteiger partial charge in [-0.25, -0.2) is 0 Å². The highest BCUT2D eigenvalue weighted by Gasteiger charge is 2.24. The van der Waals surface area contributed by atoms with Gasteiger partial charge in [0.1, 0.15) is 0 Å². The monoisotopic (exact) mass is 224 g/mol. The van der Waals surface area contributed by atoms with Crippen LogP contribution in [0.15, 0.2) is 10.9 Å². The molecule has 1 aromatic rings. The molecule has 1 aromatic heterocycles. The van der Waals surface area contributed by atoms with Crippen LogP contribution in [0, 0.1) is 0 Å². The number of hydrogen-bond acceptors (Lipinski definition) is 5. The summed E-state index contributed by atoms with van der Waals surface area (Å²) in [6.07, 6.45) is 3.46. The highest BCUT2D eigenvalue weighted by molar-refractivity contribution is 4.86. The van der Waals surface area contributed by atoms with Crippen molar-refractivity contribution in [2.75, 3.05) is 19.6 Å². The van der Waals surface area contributed by atoms with Gasteiger partial charge >= 0.3 is 0 Å². The summed E-state index contributed by atoms with van der Waals surface area (Å²) in [4.78, 5) is 6.58. The second-order valence-electron chi connectivity index (χ2n) is 4.46. The molecule has 2 unspecified atom stereocenters. The van der Waals surface area contributed by atoms with Crippen molar-refractivity contribution in [1.82, 2.24) is 20.4 Å². The number of piperazine rings is 1. The van der Waals surface area contributed by atoms with Crippen LogP contribution in [-0.4, -0.2) is 46.8 Å². The van der Waals surface area contributed by atoms with E-state index in [0.29, 0.717) is 12.1 Å². The van der Waals surface area contributed by atoms with E-state index < -0.39 is 0 Å². The summed E-state index contributed by atoms with van der Waals surface area (Å²) in [5, 5.41) is 7.36. The molecule has 5 heteroatoms. The second kappa shape index (κ2) is 5.41. The van der Waals surface area contributed by atoms with Crippen molar-refractivity contribution in [1.29, 1.82) is 0 Å². The fraction of sp³-hybridized carbons (Fsp3) is 0.818. The lowest BCUT2D eigenvalue weighted by molar-refractivity contribution is 0.132. The molecule has 2 atom stereocenters. The summed E-state index contributed by atoms with van der Waals surface area (Å²) >= 11 is 0. The molecule has 90 valence electrons. The number of aromatic nitrogens is 2. The van der Waals surface area contributed by atoms with Crippen LogP contribution in [0.2, 0.25) is 0 Å². The summed E-state index contributed by atoms with van der Waals surface area (Å²) < 4.78 is 4.74. The van der Waals surface area contributed by atoms with Crippen molar-refractivity contribution in [3.05, 3.63) is 12.2 Å². The van der Waals surface area contributed by atoms with Crippen LogP contribution in [0.25, 0.3) is 0 Å². The maximum absolute atomic E-state index is 4.74. The smallest absolute Gasteiger partial charge is 0.213 e. The predicted molar refractivity (Wildman–Crippen MR) is 61.1 cm³/mol. The first-order chi connectivity index (χ1) is 7.79. The van der Waals surface area contributed by atoms with Crippen molar-refractivity contribution in [2.24, 2.45) is 0 Å². The standard InChI is InChI=1S/C11H20N4O/c1-3-10-6-12-9(2)7-15(10)5-4-11-13-8-16-14-11/h8-10,12H,3-7H2,1-2H3. The topological polar surface area (TPSA) is 54.2 Å². The average Bonchev–Trinajstić information content (AvgIpc) is 2.79. The van der Waals surface area contributed by atoms with Gasteiger partial charge in [-0.1, -0.05) is 12.1 Å². The molecule has 0 bridgehead atoms. The van der Waals surface area contributed by atoms with E-state index in [1.54, 1.807) is 0 Å². The zero-order valence-electron chi connectivity index (χ0n) is 10.0. The Hall–Kier alpha value is -0.940. The van der Waals surface area contributed by atoms with E-state index in [2.05, 4.69) is 34.2 Å². The van der Waals surface area contributed by atoms with Gasteiger partial charge < -0.3 is 9.84 Å². The maximum Gasteiger partial charge on any atom is 0.213 e. The average molecular weight is 224 g/mol. The Labute approximate surface area is 96.2 Å². The molecule has 1 fully saturated rings. The van der Waals surface area contributed by atoms with E-state index in [9.17, 15) is 0 Å². The Morgan fingerprint density at radius 2 is 2.50 bits per heavy atom. The molecule has 1 aliphatic rings. The van der Waals surface area contributed by atoms with Gasteiger partial charge in [-0.15, -0.1) is 0 Å². The molecular formula is C11H20N4O. The SMILES string of the molecule is CCC1CNC(C)CN1CCc1ncon1. The Kier molecular flexibility index (Phi) is 3.90. The lowest BCUT2D eigenvalue weighted by Gasteiger charge is -2.38. The molecule has 1 N–H and O–H groups in total. The zero-order valence-corrected chi connectivity index (χ0v) is 10.0. The molecule has 2 heterocycles. The Balaban J connectivity index is 1.85. The van der Waals surface area contributed by atoms with Crippen molar-refractivity contribution < 1.29 is 4.52 Å². The Morgan fingerprint density at radius 1 is 1.62 bits per heavy atom. The van der Waals surface area contributed by atoms with Crippen LogP contribution in [0.4, 0.5) is 0 Å². The predicted octanol–water partition coefficient (Wildman–Crippen LogP) is 0.684. The molecule has 0 aliphatic carbocycles. The fourth-order valence-corrected chi connectivity index (χ4v) is 2.25. The van der Waals surface area contributed by atoms with Crippen molar-refractivity contribution in [2.45, 2.75) is 38.8 Å². The molecule has 1 saturated heterocycles. The van der Waals surface area contributed by atoms with Crippen molar-refractivity contribution in [3.63, 3.8) is 0 Å². The highest BCUT2D eigenvalue weighted by atomic mass is 16.5. The molecular weight excluding hydrogens is 204 g/mol. The lowest BCUT2D eigenvalue weighted by atomic mass is 10.1. The van der Waals surface area contributed by atoms with Gasteiger partial charge in [-0.05, 0) is 13.3 Å². The summed E-state index contributed by atoms with van der Waals surface area (Å²) in [6, 6.07) is 1.22. The molecule has 0 amide bonds. The molecule has 0 spiro atoms. The van der Waals surface area contributed by atoms with Gasteiger partial charge in [0.25, 0.3) is 0 Å². The van der Waals surface area contributed by atoms with Gasteiger partial charge in [0, 0.05) is 38.1 Å². The van der Waals surface area contributed by atoms with E-state index in [4.69, 9.17) is 4.52 Å². The minimum atomic E-state index is 0.577. The Morgan fingerprint density at radius 3 is 3.19 bits per heavy atom. The first kappa shape index (κ1) is 11.5. The van der Waals surface area contributed by atoms with Gasteiger partial charge in [0.05, 0.1) is 0 Å². The summed E-state index contributed by atoms with van der Waals surface area (Å²) in [7, 11) is 0. The van der Waals surface area contributed by atoms with Gasteiger partial charge in [-0.3, -0.25) is 4.90 Å². The highest BCUT2D eigenvalue weighted by Crippen LogP contribution is 2.10. The van der Waals surface area contributed by atoms with E-state index >= 15 is 0 Å². The van der Waals surface area contributed by atoms with Crippen molar-refractivity contribution in [3.8, 4) is 0 Å². The van der Waals surface area contributed by atoms with E-state index in [0.717, 1.165) is 31.9 Å². The van der Waals surface area contributed by atoms with Crippen LogP contribution in [0.5, 0.6) is 0 Å². The maximum atomic E-state index is 4.74. The Bertz CT molecular complexity index is 301. The first-order valence-electron chi connectivity index (χ1n) is 6.02. The fourth-order valence-electron chi connectivity index (χ4n) is 2.25. The van der Waals surface area contributed by atoms with Crippen LogP contribution in [-0.2, 0) is 6.42 Å². The second-order valence-corrected chi connectivity index (χ2v) is 4.46. The van der Waals surface area contributed by atoms with E-state index in [1.807, 2.05) is 0 Å². The molecule has 0 radical (unpaired) electrons. The minimum absolute atomic E-state index is 0.577. The third kappa shape index (κ3) is 2.80. The molecule has 0 aromatic carbocycles. The first-order valence-corrected chi connectivity index (χ1v) is 6.02. The summed E-state index contributed by atoms with van der Waals surface area (Å²) in [6.45, 7) is 7.68. The molecule has 5 nitrogen and oxygen atoms in total. The quantitative estimate of drug-likeness (QED) is 0.815. The molecule has 2 rings (SSSR count).